The summed E-state index contributed by atoms with van der Waals surface area (Å²) in [5.41, 5.74) is 2.91. The van der Waals surface area contributed by atoms with E-state index in [-0.39, 0.29) is 17.8 Å². The summed E-state index contributed by atoms with van der Waals surface area (Å²) in [6.07, 6.45) is -0.349. The number of carbonyl (C=O) groups is 2. The molecule has 0 aliphatic carbocycles. The van der Waals surface area contributed by atoms with Gasteiger partial charge >= 0.3 is 5.97 Å². The van der Waals surface area contributed by atoms with Crippen molar-refractivity contribution in [3.05, 3.63) is 63.9 Å². The summed E-state index contributed by atoms with van der Waals surface area (Å²) in [5.74, 6) is 0.903. The van der Waals surface area contributed by atoms with E-state index in [4.69, 9.17) is 21.1 Å². The number of amides is 1. The van der Waals surface area contributed by atoms with E-state index in [0.717, 1.165) is 16.1 Å². The number of aryl methyl sites for hydroxylation is 2. The Bertz CT molecular complexity index is 1160. The molecule has 1 atom stereocenters. The maximum Gasteiger partial charge on any atom is 0.338 e. The summed E-state index contributed by atoms with van der Waals surface area (Å²) in [5, 5.41) is 12.6. The molecule has 3 rings (SSSR count). The molecule has 0 saturated carbocycles. The Morgan fingerprint density at radius 3 is 2.41 bits per heavy atom. The van der Waals surface area contributed by atoms with Crippen LogP contribution >= 0.6 is 23.4 Å². The first-order valence-electron chi connectivity index (χ1n) is 10.7. The minimum Gasteiger partial charge on any atom is -0.483 e. The predicted octanol–water partition coefficient (Wildman–Crippen LogP) is 5.13. The van der Waals surface area contributed by atoms with Gasteiger partial charge in [0, 0.05) is 17.8 Å². The van der Waals surface area contributed by atoms with Gasteiger partial charge in [-0.1, -0.05) is 23.4 Å². The maximum atomic E-state index is 12.4. The highest BCUT2D eigenvalue weighted by Crippen LogP contribution is 2.29. The Kier molecular flexibility index (Phi) is 8.57. The van der Waals surface area contributed by atoms with Crippen molar-refractivity contribution in [1.82, 2.24) is 14.8 Å². The first kappa shape index (κ1) is 25.6. The number of hydrogen-bond acceptors (Lipinski definition) is 7. The maximum absolute atomic E-state index is 12.4. The Balaban J connectivity index is 1.56. The van der Waals surface area contributed by atoms with Crippen LogP contribution < -0.4 is 10.1 Å². The minimum atomic E-state index is -0.395. The largest absolute Gasteiger partial charge is 0.483 e. The van der Waals surface area contributed by atoms with Crippen molar-refractivity contribution in [2.24, 2.45) is 7.05 Å². The number of nitrogens with one attached hydrogen (secondary N) is 1. The van der Waals surface area contributed by atoms with Gasteiger partial charge in [0.2, 0.25) is 5.91 Å². The van der Waals surface area contributed by atoms with Crippen molar-refractivity contribution in [1.29, 1.82) is 0 Å². The van der Waals surface area contributed by atoms with Gasteiger partial charge in [0.25, 0.3) is 0 Å². The summed E-state index contributed by atoms with van der Waals surface area (Å²) in [6.45, 7) is 7.82. The SMILES string of the molecule is CCOC(=O)c1ccc(NC(=O)CSc2nnc(C(C)Oc3cc(C)c(Cl)c(C)c3)n2C)cc1. The number of benzene rings is 2. The van der Waals surface area contributed by atoms with E-state index in [1.165, 1.54) is 11.8 Å². The van der Waals surface area contributed by atoms with Gasteiger partial charge in [0.15, 0.2) is 17.1 Å². The van der Waals surface area contributed by atoms with Crippen molar-refractivity contribution in [2.45, 2.75) is 39.0 Å². The Hall–Kier alpha value is -3.04. The first-order chi connectivity index (χ1) is 16.2. The van der Waals surface area contributed by atoms with Gasteiger partial charge in [-0.2, -0.15) is 0 Å². The van der Waals surface area contributed by atoms with Crippen molar-refractivity contribution < 1.29 is 19.1 Å². The van der Waals surface area contributed by atoms with Crippen LogP contribution in [0.25, 0.3) is 0 Å². The number of ether oxygens (including phenoxy) is 2. The highest BCUT2D eigenvalue weighted by Gasteiger charge is 2.19. The van der Waals surface area contributed by atoms with E-state index in [1.807, 2.05) is 44.5 Å². The van der Waals surface area contributed by atoms with Crippen LogP contribution in [0.3, 0.4) is 0 Å². The zero-order valence-corrected chi connectivity index (χ0v) is 21.3. The second-order valence-electron chi connectivity index (χ2n) is 7.67. The third-order valence-electron chi connectivity index (χ3n) is 4.97. The van der Waals surface area contributed by atoms with Gasteiger partial charge in [-0.3, -0.25) is 4.79 Å². The number of esters is 1. The molecular formula is C24H27ClN4O4S. The van der Waals surface area contributed by atoms with Gasteiger partial charge in [0.1, 0.15) is 5.75 Å². The third kappa shape index (κ3) is 6.30. The molecule has 180 valence electrons. The normalized spacial score (nSPS) is 11.7. The van der Waals surface area contributed by atoms with Crippen molar-refractivity contribution in [3.8, 4) is 5.75 Å². The lowest BCUT2D eigenvalue weighted by atomic mass is 10.1. The first-order valence-corrected chi connectivity index (χ1v) is 12.1. The molecule has 0 bridgehead atoms. The minimum absolute atomic E-state index is 0.149. The lowest BCUT2D eigenvalue weighted by Gasteiger charge is -2.16. The standard InChI is InChI=1S/C24H27ClN4O4S/c1-6-32-23(31)17-7-9-18(10-8-17)26-20(30)13-34-24-28-27-22(29(24)5)16(4)33-19-11-14(2)21(25)15(3)12-19/h7-12,16H,6,13H2,1-5H3,(H,26,30). The molecule has 0 radical (unpaired) electrons. The number of carbonyl (C=O) groups excluding carboxylic acids is 2. The molecule has 1 heterocycles. The molecule has 2 aromatic carbocycles. The predicted molar refractivity (Wildman–Crippen MR) is 133 cm³/mol. The zero-order chi connectivity index (χ0) is 24.8. The van der Waals surface area contributed by atoms with Crippen LogP contribution in [0.5, 0.6) is 5.75 Å². The fraction of sp³-hybridized carbons (Fsp3) is 0.333. The summed E-state index contributed by atoms with van der Waals surface area (Å²) in [4.78, 5) is 24.1. The van der Waals surface area contributed by atoms with Gasteiger partial charge < -0.3 is 19.4 Å². The highest BCUT2D eigenvalue weighted by molar-refractivity contribution is 7.99. The van der Waals surface area contributed by atoms with Crippen LogP contribution in [-0.4, -0.2) is 39.0 Å². The van der Waals surface area contributed by atoms with Crippen LogP contribution in [-0.2, 0) is 16.6 Å². The summed E-state index contributed by atoms with van der Waals surface area (Å²) < 4.78 is 12.8. The molecule has 1 aromatic heterocycles. The lowest BCUT2D eigenvalue weighted by Crippen LogP contribution is -2.15. The monoisotopic (exact) mass is 502 g/mol. The van der Waals surface area contributed by atoms with E-state index in [2.05, 4.69) is 15.5 Å². The molecule has 0 aliphatic heterocycles. The Morgan fingerprint density at radius 2 is 1.79 bits per heavy atom. The zero-order valence-electron chi connectivity index (χ0n) is 19.7. The molecule has 0 saturated heterocycles. The van der Waals surface area contributed by atoms with E-state index < -0.39 is 5.97 Å². The van der Waals surface area contributed by atoms with Crippen molar-refractivity contribution in [2.75, 3.05) is 17.7 Å². The fourth-order valence-corrected chi connectivity index (χ4v) is 4.10. The second-order valence-corrected chi connectivity index (χ2v) is 8.99. The summed E-state index contributed by atoms with van der Waals surface area (Å²) in [6, 6.07) is 10.3. The molecule has 10 heteroatoms. The smallest absolute Gasteiger partial charge is 0.338 e. The van der Waals surface area contributed by atoms with Gasteiger partial charge in [-0.05, 0) is 75.2 Å². The third-order valence-corrected chi connectivity index (χ3v) is 6.58. The number of halogens is 1. The van der Waals surface area contributed by atoms with E-state index in [9.17, 15) is 9.59 Å². The molecule has 1 N–H and O–H groups in total. The number of hydrogen-bond donors (Lipinski definition) is 1. The topological polar surface area (TPSA) is 95.3 Å². The second kappa shape index (κ2) is 11.4. The van der Waals surface area contributed by atoms with Gasteiger partial charge in [-0.15, -0.1) is 10.2 Å². The molecule has 1 unspecified atom stereocenters. The summed E-state index contributed by atoms with van der Waals surface area (Å²) >= 11 is 7.51. The molecule has 1 amide bonds. The molecule has 0 aliphatic rings. The number of rotatable bonds is 9. The Morgan fingerprint density at radius 1 is 1.15 bits per heavy atom. The van der Waals surface area contributed by atoms with E-state index in [1.54, 1.807) is 31.2 Å². The van der Waals surface area contributed by atoms with Crippen LogP contribution in [0.4, 0.5) is 5.69 Å². The quantitative estimate of drug-likeness (QED) is 0.320. The molecule has 0 fully saturated rings. The molecule has 3 aromatic rings. The molecule has 0 spiro atoms. The average Bonchev–Trinajstić information content (AvgIpc) is 3.17. The van der Waals surface area contributed by atoms with Crippen LogP contribution in [0.2, 0.25) is 5.02 Å². The molecule has 8 nitrogen and oxygen atoms in total. The lowest BCUT2D eigenvalue weighted by molar-refractivity contribution is -0.113. The van der Waals surface area contributed by atoms with Crippen molar-refractivity contribution >= 4 is 40.9 Å². The number of nitrogens with zero attached hydrogens (tertiary/aromatic N) is 3. The molecule has 34 heavy (non-hydrogen) atoms. The number of anilines is 1. The summed E-state index contributed by atoms with van der Waals surface area (Å²) in [7, 11) is 1.84. The molecular weight excluding hydrogens is 476 g/mol. The fourth-order valence-electron chi connectivity index (χ4n) is 3.27. The van der Waals surface area contributed by atoms with Crippen LogP contribution in [0, 0.1) is 13.8 Å². The average molecular weight is 503 g/mol. The highest BCUT2D eigenvalue weighted by atomic mass is 35.5. The van der Waals surface area contributed by atoms with Gasteiger partial charge in [0.05, 0.1) is 17.9 Å². The van der Waals surface area contributed by atoms with E-state index >= 15 is 0 Å². The Labute approximate surface area is 208 Å². The number of thioether (sulfide) groups is 1. The van der Waals surface area contributed by atoms with Gasteiger partial charge in [-0.25, -0.2) is 4.79 Å². The van der Waals surface area contributed by atoms with E-state index in [0.29, 0.717) is 34.6 Å². The van der Waals surface area contributed by atoms with Crippen molar-refractivity contribution in [3.63, 3.8) is 0 Å². The van der Waals surface area contributed by atoms with Crippen LogP contribution in [0.15, 0.2) is 41.6 Å². The van der Waals surface area contributed by atoms with Crippen LogP contribution in [0.1, 0.15) is 47.3 Å². The number of aromatic nitrogens is 3.